The predicted octanol–water partition coefficient (Wildman–Crippen LogP) is 3.57. The molecular weight excluding hydrogens is 496 g/mol. The molecule has 9 nitrogen and oxygen atoms in total. The maximum atomic E-state index is 13.5. The number of carbonyl (C=O) groups is 2. The third-order valence-corrected chi connectivity index (χ3v) is 6.09. The van der Waals surface area contributed by atoms with Gasteiger partial charge in [-0.3, -0.25) is 14.0 Å². The van der Waals surface area contributed by atoms with E-state index in [1.165, 1.54) is 10.5 Å². The lowest BCUT2D eigenvalue weighted by molar-refractivity contribution is -0.120. The Morgan fingerprint density at radius 1 is 0.949 bits per heavy atom. The molecule has 3 heterocycles. The van der Waals surface area contributed by atoms with Crippen LogP contribution < -0.4 is 15.8 Å². The number of benzene rings is 2. The Morgan fingerprint density at radius 3 is 2.41 bits per heavy atom. The number of aryl methyl sites for hydroxylation is 2. The van der Waals surface area contributed by atoms with Gasteiger partial charge in [0.15, 0.2) is 12.1 Å². The van der Waals surface area contributed by atoms with Crippen molar-refractivity contribution < 1.29 is 19.1 Å². The highest BCUT2D eigenvalue weighted by atomic mass is 16.5. The number of hydrogen-bond acceptors (Lipinski definition) is 6. The van der Waals surface area contributed by atoms with Gasteiger partial charge in [-0.25, -0.2) is 9.78 Å². The van der Waals surface area contributed by atoms with Gasteiger partial charge >= 0.3 is 5.97 Å². The van der Waals surface area contributed by atoms with E-state index >= 15 is 0 Å². The van der Waals surface area contributed by atoms with Crippen LogP contribution in [0.2, 0.25) is 0 Å². The van der Waals surface area contributed by atoms with Gasteiger partial charge in [-0.2, -0.15) is 4.99 Å². The minimum absolute atomic E-state index is 0.000235. The van der Waals surface area contributed by atoms with E-state index in [0.29, 0.717) is 30.0 Å². The van der Waals surface area contributed by atoms with Crippen LogP contribution >= 0.6 is 0 Å². The van der Waals surface area contributed by atoms with Crippen molar-refractivity contribution in [1.82, 2.24) is 14.0 Å². The minimum Gasteiger partial charge on any atom is -0.484 e. The normalized spacial score (nSPS) is 11.6. The molecule has 3 aromatic heterocycles. The van der Waals surface area contributed by atoms with Crippen molar-refractivity contribution in [1.29, 1.82) is 0 Å². The summed E-state index contributed by atoms with van der Waals surface area (Å²) < 4.78 is 13.9. The second-order valence-electron chi connectivity index (χ2n) is 8.68. The Hall–Kier alpha value is -5.05. The molecule has 0 atom stereocenters. The molecule has 0 saturated carbocycles. The molecule has 0 aliphatic carbocycles. The number of fused-ring (bicyclic) bond motifs is 2. The van der Waals surface area contributed by atoms with Crippen LogP contribution in [0.4, 0.5) is 0 Å². The molecule has 196 valence electrons. The van der Waals surface area contributed by atoms with Crippen LogP contribution in [-0.4, -0.2) is 39.0 Å². The third kappa shape index (κ3) is 5.62. The summed E-state index contributed by atoms with van der Waals surface area (Å²) in [5.74, 6) is -0.779. The van der Waals surface area contributed by atoms with Crippen LogP contribution in [0.1, 0.15) is 22.8 Å². The van der Waals surface area contributed by atoms with Crippen molar-refractivity contribution in [3.63, 3.8) is 0 Å². The Kier molecular flexibility index (Phi) is 7.58. The summed E-state index contributed by atoms with van der Waals surface area (Å²) in [5.41, 5.74) is 1.48. The molecule has 0 N–H and O–H groups in total. The van der Waals surface area contributed by atoms with Crippen LogP contribution in [0, 0.1) is 0 Å². The Balaban J connectivity index is 1.71. The van der Waals surface area contributed by atoms with E-state index in [9.17, 15) is 14.4 Å². The van der Waals surface area contributed by atoms with Crippen LogP contribution in [0.15, 0.2) is 101 Å². The first-order chi connectivity index (χ1) is 19.0. The standard InChI is InChI=1S/C30H26N4O5/c1-2-38-30(37)24-19-23-27(31-25-15-9-10-17-33(25)29(23)36)34(18-16-21-11-5-3-6-12-21)28(24)32-26(35)20-39-22-13-7-4-8-14-22/h3-15,17,19H,2,16,18,20H2,1H3. The van der Waals surface area contributed by atoms with Crippen molar-refractivity contribution in [2.75, 3.05) is 13.2 Å². The Labute approximate surface area is 223 Å². The molecule has 9 heteroatoms. The SMILES string of the molecule is CCOC(=O)c1cc2c(=O)n3ccccc3nc2n(CCc2ccccc2)c1=NC(=O)COc1ccccc1. The number of aromatic nitrogens is 3. The average molecular weight is 523 g/mol. The highest BCUT2D eigenvalue weighted by molar-refractivity contribution is 5.93. The molecule has 0 radical (unpaired) electrons. The first-order valence-corrected chi connectivity index (χ1v) is 12.6. The van der Waals surface area contributed by atoms with Crippen molar-refractivity contribution in [2.45, 2.75) is 19.9 Å². The molecule has 0 bridgehead atoms. The van der Waals surface area contributed by atoms with Crippen LogP contribution in [0.5, 0.6) is 5.75 Å². The van der Waals surface area contributed by atoms with Crippen LogP contribution in [0.25, 0.3) is 16.7 Å². The van der Waals surface area contributed by atoms with E-state index < -0.39 is 11.9 Å². The summed E-state index contributed by atoms with van der Waals surface area (Å²) >= 11 is 0. The Morgan fingerprint density at radius 2 is 1.67 bits per heavy atom. The number of carbonyl (C=O) groups excluding carboxylic acids is 2. The average Bonchev–Trinajstić information content (AvgIpc) is 2.97. The van der Waals surface area contributed by atoms with Gasteiger partial charge in [0, 0.05) is 12.7 Å². The predicted molar refractivity (Wildman–Crippen MR) is 146 cm³/mol. The molecule has 2 aromatic carbocycles. The summed E-state index contributed by atoms with van der Waals surface area (Å²) in [4.78, 5) is 48.6. The quantitative estimate of drug-likeness (QED) is 0.228. The molecule has 0 fully saturated rings. The molecule has 39 heavy (non-hydrogen) atoms. The highest BCUT2D eigenvalue weighted by Crippen LogP contribution is 2.13. The number of para-hydroxylation sites is 1. The first kappa shape index (κ1) is 25.6. The number of ether oxygens (including phenoxy) is 2. The van der Waals surface area contributed by atoms with Gasteiger partial charge in [-0.05, 0) is 49.2 Å². The molecule has 0 aliphatic rings. The zero-order chi connectivity index (χ0) is 27.2. The van der Waals surface area contributed by atoms with Gasteiger partial charge in [0.2, 0.25) is 0 Å². The monoisotopic (exact) mass is 522 g/mol. The van der Waals surface area contributed by atoms with Gasteiger partial charge in [-0.15, -0.1) is 0 Å². The van der Waals surface area contributed by atoms with Crippen molar-refractivity contribution in [3.8, 4) is 5.75 Å². The summed E-state index contributed by atoms with van der Waals surface area (Å²) in [6.45, 7) is 1.76. The van der Waals surface area contributed by atoms with E-state index in [1.807, 2.05) is 36.4 Å². The molecule has 5 aromatic rings. The molecule has 0 saturated heterocycles. The maximum absolute atomic E-state index is 13.5. The van der Waals surface area contributed by atoms with E-state index in [2.05, 4.69) is 4.99 Å². The topological polar surface area (TPSA) is 104 Å². The van der Waals surface area contributed by atoms with Gasteiger partial charge in [0.25, 0.3) is 11.5 Å². The zero-order valence-corrected chi connectivity index (χ0v) is 21.3. The van der Waals surface area contributed by atoms with Crippen LogP contribution in [-0.2, 0) is 22.5 Å². The second kappa shape index (κ2) is 11.6. The number of amides is 1. The molecular formula is C30H26N4O5. The van der Waals surface area contributed by atoms with Crippen LogP contribution in [0.3, 0.4) is 0 Å². The van der Waals surface area contributed by atoms with E-state index in [4.69, 9.17) is 14.5 Å². The fourth-order valence-electron chi connectivity index (χ4n) is 4.27. The summed E-state index contributed by atoms with van der Waals surface area (Å²) in [6, 6.07) is 25.3. The van der Waals surface area contributed by atoms with Gasteiger partial charge in [-0.1, -0.05) is 54.6 Å². The number of nitrogens with zero attached hydrogens (tertiary/aromatic N) is 4. The fraction of sp³-hybridized carbons (Fsp3) is 0.167. The number of pyridine rings is 2. The number of hydrogen-bond donors (Lipinski definition) is 0. The number of rotatable bonds is 8. The highest BCUT2D eigenvalue weighted by Gasteiger charge is 2.20. The fourth-order valence-corrected chi connectivity index (χ4v) is 4.27. The third-order valence-electron chi connectivity index (χ3n) is 6.09. The molecule has 0 aliphatic heterocycles. The van der Waals surface area contributed by atoms with E-state index in [1.54, 1.807) is 60.2 Å². The van der Waals surface area contributed by atoms with E-state index in [0.717, 1.165) is 5.56 Å². The minimum atomic E-state index is -0.694. The molecule has 1 amide bonds. The van der Waals surface area contributed by atoms with Crippen molar-refractivity contribution >= 4 is 28.6 Å². The maximum Gasteiger partial charge on any atom is 0.341 e. The lowest BCUT2D eigenvalue weighted by Crippen LogP contribution is -2.33. The van der Waals surface area contributed by atoms with Crippen molar-refractivity contribution in [2.24, 2.45) is 4.99 Å². The second-order valence-corrected chi connectivity index (χ2v) is 8.68. The molecule has 5 rings (SSSR count). The largest absolute Gasteiger partial charge is 0.484 e. The number of esters is 1. The summed E-state index contributed by atoms with van der Waals surface area (Å²) in [7, 11) is 0. The van der Waals surface area contributed by atoms with Gasteiger partial charge in [0.1, 0.15) is 22.6 Å². The van der Waals surface area contributed by atoms with Gasteiger partial charge < -0.3 is 14.0 Å². The van der Waals surface area contributed by atoms with Crippen molar-refractivity contribution in [3.05, 3.63) is 118 Å². The first-order valence-electron chi connectivity index (χ1n) is 12.6. The Bertz CT molecular complexity index is 1780. The van der Waals surface area contributed by atoms with E-state index in [-0.39, 0.29) is 35.2 Å². The smallest absolute Gasteiger partial charge is 0.341 e. The lowest BCUT2D eigenvalue weighted by Gasteiger charge is -2.15. The van der Waals surface area contributed by atoms with Gasteiger partial charge in [0.05, 0.1) is 12.0 Å². The lowest BCUT2D eigenvalue weighted by atomic mass is 10.1. The summed E-state index contributed by atoms with van der Waals surface area (Å²) in [5, 5.41) is 0.210. The zero-order valence-electron chi connectivity index (χ0n) is 21.3. The summed E-state index contributed by atoms with van der Waals surface area (Å²) in [6.07, 6.45) is 2.16. The molecule has 0 spiro atoms. The molecule has 0 unspecified atom stereocenters.